The molecule has 0 bridgehead atoms. The molecule has 3 aromatic rings. The normalized spacial score (nSPS) is 11.0. The van der Waals surface area contributed by atoms with Crippen LogP contribution in [0.5, 0.6) is 0 Å². The molecule has 0 aliphatic carbocycles. The van der Waals surface area contributed by atoms with Gasteiger partial charge in [-0.05, 0) is 29.9 Å². The van der Waals surface area contributed by atoms with Gasteiger partial charge < -0.3 is 10.6 Å². The second-order valence-electron chi connectivity index (χ2n) is 6.47. The summed E-state index contributed by atoms with van der Waals surface area (Å²) in [5.41, 5.74) is 1.71. The summed E-state index contributed by atoms with van der Waals surface area (Å²) in [6, 6.07) is 7.29. The molecule has 154 valence electrons. The number of carbonyl (C=O) groups is 1. The number of anilines is 1. The van der Waals surface area contributed by atoms with E-state index in [2.05, 4.69) is 39.5 Å². The third-order valence-electron chi connectivity index (χ3n) is 4.22. The molecule has 9 heteroatoms. The third-order valence-corrected chi connectivity index (χ3v) is 5.20. The van der Waals surface area contributed by atoms with Crippen molar-refractivity contribution in [2.75, 3.05) is 24.2 Å². The molecule has 0 fully saturated rings. The van der Waals surface area contributed by atoms with Crippen molar-refractivity contribution in [1.29, 1.82) is 0 Å². The van der Waals surface area contributed by atoms with Gasteiger partial charge in [-0.25, -0.2) is 14.6 Å². The van der Waals surface area contributed by atoms with Gasteiger partial charge in [0.05, 0.1) is 24.5 Å². The highest BCUT2D eigenvalue weighted by atomic mass is 35.5. The Labute approximate surface area is 179 Å². The zero-order valence-electron chi connectivity index (χ0n) is 16.6. The topological polar surface area (TPSA) is 84.7 Å². The van der Waals surface area contributed by atoms with Crippen LogP contribution < -0.4 is 10.6 Å². The fourth-order valence-electron chi connectivity index (χ4n) is 2.82. The molecular formula is C20H25ClN6OS. The van der Waals surface area contributed by atoms with Gasteiger partial charge in [0.25, 0.3) is 0 Å². The van der Waals surface area contributed by atoms with Crippen LogP contribution in [0.25, 0.3) is 11.0 Å². The number of rotatable bonds is 10. The van der Waals surface area contributed by atoms with Crippen molar-refractivity contribution in [3.05, 3.63) is 41.0 Å². The first kappa shape index (κ1) is 21.4. The molecule has 2 heterocycles. The van der Waals surface area contributed by atoms with Gasteiger partial charge >= 0.3 is 0 Å². The van der Waals surface area contributed by atoms with Gasteiger partial charge in [0.1, 0.15) is 5.82 Å². The highest BCUT2D eigenvalue weighted by Gasteiger charge is 2.13. The van der Waals surface area contributed by atoms with E-state index >= 15 is 0 Å². The Hall–Kier alpha value is -2.32. The van der Waals surface area contributed by atoms with Gasteiger partial charge in [-0.3, -0.25) is 4.79 Å². The monoisotopic (exact) mass is 432 g/mol. The molecule has 0 saturated carbocycles. The van der Waals surface area contributed by atoms with Crippen LogP contribution in [0, 0.1) is 0 Å². The van der Waals surface area contributed by atoms with Crippen molar-refractivity contribution < 1.29 is 4.79 Å². The van der Waals surface area contributed by atoms with Crippen LogP contribution >= 0.6 is 23.4 Å². The first-order valence-electron chi connectivity index (χ1n) is 9.72. The van der Waals surface area contributed by atoms with Crippen molar-refractivity contribution >= 4 is 46.1 Å². The Bertz CT molecular complexity index is 960. The Morgan fingerprint density at radius 3 is 2.69 bits per heavy atom. The second kappa shape index (κ2) is 10.5. The molecule has 2 N–H and O–H groups in total. The lowest BCUT2D eigenvalue weighted by Gasteiger charge is -2.09. The minimum Gasteiger partial charge on any atom is -0.369 e. The average Bonchev–Trinajstić information content (AvgIpc) is 3.11. The van der Waals surface area contributed by atoms with Gasteiger partial charge in [0, 0.05) is 18.1 Å². The van der Waals surface area contributed by atoms with E-state index in [9.17, 15) is 4.79 Å². The first-order valence-corrected chi connectivity index (χ1v) is 11.1. The molecule has 7 nitrogen and oxygen atoms in total. The summed E-state index contributed by atoms with van der Waals surface area (Å²) in [7, 11) is 0. The number of aromatic nitrogens is 4. The molecule has 0 saturated heterocycles. The summed E-state index contributed by atoms with van der Waals surface area (Å²) in [4.78, 5) is 21.5. The smallest absolute Gasteiger partial charge is 0.224 e. The molecule has 0 aliphatic heterocycles. The number of halogens is 1. The number of carbonyl (C=O) groups excluding carboxylic acids is 1. The average molecular weight is 433 g/mol. The Kier molecular flexibility index (Phi) is 7.71. The molecule has 1 amide bonds. The fraction of sp³-hybridized carbons (Fsp3) is 0.400. The van der Waals surface area contributed by atoms with Crippen molar-refractivity contribution in [1.82, 2.24) is 25.1 Å². The van der Waals surface area contributed by atoms with Crippen LogP contribution in [0.4, 0.5) is 5.82 Å². The van der Waals surface area contributed by atoms with Crippen molar-refractivity contribution in [2.24, 2.45) is 0 Å². The Morgan fingerprint density at radius 2 is 1.97 bits per heavy atom. The predicted molar refractivity (Wildman–Crippen MR) is 119 cm³/mol. The molecule has 0 atom stereocenters. The first-order chi connectivity index (χ1) is 14.1. The third kappa shape index (κ3) is 5.83. The van der Waals surface area contributed by atoms with E-state index in [0.717, 1.165) is 46.3 Å². The molecule has 3 rings (SSSR count). The summed E-state index contributed by atoms with van der Waals surface area (Å²) in [6.07, 6.45) is 3.11. The molecule has 0 spiro atoms. The predicted octanol–water partition coefficient (Wildman–Crippen LogP) is 3.77. The Balaban J connectivity index is 1.65. The van der Waals surface area contributed by atoms with E-state index in [-0.39, 0.29) is 5.91 Å². The number of amides is 1. The quantitative estimate of drug-likeness (QED) is 0.374. The summed E-state index contributed by atoms with van der Waals surface area (Å²) < 4.78 is 1.82. The number of nitrogens with zero attached hydrogens (tertiary/aromatic N) is 4. The van der Waals surface area contributed by atoms with Crippen LogP contribution in [-0.2, 0) is 17.8 Å². The molecule has 2 aromatic heterocycles. The van der Waals surface area contributed by atoms with Gasteiger partial charge in [-0.2, -0.15) is 5.10 Å². The SMILES string of the molecule is CCCNc1nc(SCC)nc2c1cnn2CCNC(=O)Cc1ccc(Cl)cc1. The van der Waals surface area contributed by atoms with E-state index < -0.39 is 0 Å². The maximum absolute atomic E-state index is 12.2. The number of thioether (sulfide) groups is 1. The van der Waals surface area contributed by atoms with Crippen LogP contribution in [-0.4, -0.2) is 44.5 Å². The zero-order chi connectivity index (χ0) is 20.6. The molecular weight excluding hydrogens is 408 g/mol. The number of hydrogen-bond acceptors (Lipinski definition) is 6. The van der Waals surface area contributed by atoms with Crippen molar-refractivity contribution in [3.8, 4) is 0 Å². The number of hydrogen-bond donors (Lipinski definition) is 2. The highest BCUT2D eigenvalue weighted by Crippen LogP contribution is 2.24. The fourth-order valence-corrected chi connectivity index (χ4v) is 3.51. The largest absolute Gasteiger partial charge is 0.369 e. The van der Waals surface area contributed by atoms with Gasteiger partial charge in [0.2, 0.25) is 5.91 Å². The molecule has 0 aliphatic rings. The zero-order valence-corrected chi connectivity index (χ0v) is 18.2. The standard InChI is InChI=1S/C20H25ClN6OS/c1-3-9-23-18-16-13-24-27(19(16)26-20(25-18)29-4-2)11-10-22-17(28)12-14-5-7-15(21)8-6-14/h5-8,13H,3-4,9-12H2,1-2H3,(H,22,28)(H,23,25,26). The lowest BCUT2D eigenvalue weighted by Crippen LogP contribution is -2.28. The van der Waals surface area contributed by atoms with Gasteiger partial charge in [0.15, 0.2) is 10.8 Å². The lowest BCUT2D eigenvalue weighted by molar-refractivity contribution is -0.120. The maximum atomic E-state index is 12.2. The van der Waals surface area contributed by atoms with Crippen molar-refractivity contribution in [2.45, 2.75) is 38.4 Å². The summed E-state index contributed by atoms with van der Waals surface area (Å²) in [5, 5.41) is 13.0. The highest BCUT2D eigenvalue weighted by molar-refractivity contribution is 7.99. The van der Waals surface area contributed by atoms with E-state index in [1.807, 2.05) is 16.8 Å². The van der Waals surface area contributed by atoms with E-state index in [0.29, 0.717) is 24.5 Å². The molecule has 0 unspecified atom stereocenters. The van der Waals surface area contributed by atoms with Crippen LogP contribution in [0.1, 0.15) is 25.8 Å². The number of nitrogens with one attached hydrogen (secondary N) is 2. The van der Waals surface area contributed by atoms with Gasteiger partial charge in [-0.1, -0.05) is 49.3 Å². The summed E-state index contributed by atoms with van der Waals surface area (Å²) in [6.45, 7) is 6.04. The number of fused-ring (bicyclic) bond motifs is 1. The van der Waals surface area contributed by atoms with E-state index in [4.69, 9.17) is 11.6 Å². The van der Waals surface area contributed by atoms with Crippen molar-refractivity contribution in [3.63, 3.8) is 0 Å². The maximum Gasteiger partial charge on any atom is 0.224 e. The van der Waals surface area contributed by atoms with Crippen LogP contribution in [0.15, 0.2) is 35.6 Å². The lowest BCUT2D eigenvalue weighted by atomic mass is 10.1. The van der Waals surface area contributed by atoms with Crippen LogP contribution in [0.2, 0.25) is 5.02 Å². The Morgan fingerprint density at radius 1 is 1.17 bits per heavy atom. The van der Waals surface area contributed by atoms with Crippen LogP contribution in [0.3, 0.4) is 0 Å². The molecule has 29 heavy (non-hydrogen) atoms. The molecule has 1 aromatic carbocycles. The summed E-state index contributed by atoms with van der Waals surface area (Å²) >= 11 is 7.48. The van der Waals surface area contributed by atoms with Gasteiger partial charge in [-0.15, -0.1) is 0 Å². The minimum absolute atomic E-state index is 0.0362. The minimum atomic E-state index is -0.0362. The van der Waals surface area contributed by atoms with E-state index in [1.54, 1.807) is 30.1 Å². The number of benzene rings is 1. The van der Waals surface area contributed by atoms with E-state index in [1.165, 1.54) is 0 Å². The summed E-state index contributed by atoms with van der Waals surface area (Å²) in [5.74, 6) is 1.67. The second-order valence-corrected chi connectivity index (χ2v) is 8.14. The molecule has 0 radical (unpaired) electrons.